The lowest BCUT2D eigenvalue weighted by Gasteiger charge is -2.34. The first-order valence-electron chi connectivity index (χ1n) is 7.10. The second kappa shape index (κ2) is 6.04. The first kappa shape index (κ1) is 13.8. The van der Waals surface area contributed by atoms with Gasteiger partial charge in [-0.15, -0.1) is 0 Å². The standard InChI is InChI=1S/C15H23N3O/c1-3-11-4-6-12(7-5-11)18(2)15(19)13-8-9-17-10-14(13)16/h8-12H,3-7,16H2,1-2H3. The van der Waals surface area contributed by atoms with Crippen LogP contribution in [-0.2, 0) is 0 Å². The van der Waals surface area contributed by atoms with Crippen molar-refractivity contribution < 1.29 is 4.79 Å². The number of pyridine rings is 1. The number of carbonyl (C=O) groups is 1. The van der Waals surface area contributed by atoms with E-state index < -0.39 is 0 Å². The van der Waals surface area contributed by atoms with Crippen LogP contribution in [0.1, 0.15) is 49.4 Å². The van der Waals surface area contributed by atoms with E-state index in [1.54, 1.807) is 12.3 Å². The van der Waals surface area contributed by atoms with E-state index in [4.69, 9.17) is 5.73 Å². The molecule has 0 atom stereocenters. The second-order valence-corrected chi connectivity index (χ2v) is 5.46. The molecule has 4 heteroatoms. The summed E-state index contributed by atoms with van der Waals surface area (Å²) in [5.41, 5.74) is 6.85. The molecule has 1 fully saturated rings. The van der Waals surface area contributed by atoms with E-state index in [0.717, 1.165) is 18.8 Å². The normalized spacial score (nSPS) is 23.1. The minimum atomic E-state index is 0.0137. The lowest BCUT2D eigenvalue weighted by molar-refractivity contribution is 0.0675. The highest BCUT2D eigenvalue weighted by molar-refractivity contribution is 5.98. The largest absolute Gasteiger partial charge is 0.397 e. The van der Waals surface area contributed by atoms with Gasteiger partial charge in [-0.25, -0.2) is 0 Å². The molecule has 1 aliphatic carbocycles. The molecule has 104 valence electrons. The number of rotatable bonds is 3. The van der Waals surface area contributed by atoms with Crippen LogP contribution >= 0.6 is 0 Å². The van der Waals surface area contributed by atoms with Crippen LogP contribution in [-0.4, -0.2) is 28.9 Å². The highest BCUT2D eigenvalue weighted by atomic mass is 16.2. The van der Waals surface area contributed by atoms with E-state index in [0.29, 0.717) is 17.3 Å². The number of amides is 1. The number of hydrogen-bond donors (Lipinski definition) is 1. The van der Waals surface area contributed by atoms with Crippen molar-refractivity contribution in [3.8, 4) is 0 Å². The van der Waals surface area contributed by atoms with Crippen molar-refractivity contribution in [3.05, 3.63) is 24.0 Å². The van der Waals surface area contributed by atoms with Crippen LogP contribution in [0, 0.1) is 5.92 Å². The number of anilines is 1. The van der Waals surface area contributed by atoms with Crippen molar-refractivity contribution in [2.75, 3.05) is 12.8 Å². The van der Waals surface area contributed by atoms with Gasteiger partial charge in [0.1, 0.15) is 0 Å². The fourth-order valence-electron chi connectivity index (χ4n) is 2.90. The number of nitrogens with two attached hydrogens (primary N) is 1. The monoisotopic (exact) mass is 261 g/mol. The molecule has 0 spiro atoms. The summed E-state index contributed by atoms with van der Waals surface area (Å²) in [6.45, 7) is 2.25. The summed E-state index contributed by atoms with van der Waals surface area (Å²) < 4.78 is 0. The SMILES string of the molecule is CCC1CCC(N(C)C(=O)c2ccncc2N)CC1. The van der Waals surface area contributed by atoms with Crippen LogP contribution in [0.15, 0.2) is 18.5 Å². The quantitative estimate of drug-likeness (QED) is 0.910. The van der Waals surface area contributed by atoms with Gasteiger partial charge < -0.3 is 10.6 Å². The van der Waals surface area contributed by atoms with Crippen molar-refractivity contribution in [2.45, 2.75) is 45.1 Å². The summed E-state index contributed by atoms with van der Waals surface area (Å²) in [5.74, 6) is 0.852. The molecule has 1 aromatic heterocycles. The minimum Gasteiger partial charge on any atom is -0.397 e. The summed E-state index contributed by atoms with van der Waals surface area (Å²) in [6.07, 6.45) is 9.06. The van der Waals surface area contributed by atoms with E-state index >= 15 is 0 Å². The maximum absolute atomic E-state index is 12.4. The summed E-state index contributed by atoms with van der Waals surface area (Å²) in [6, 6.07) is 2.05. The van der Waals surface area contributed by atoms with Crippen molar-refractivity contribution in [1.29, 1.82) is 0 Å². The zero-order valence-corrected chi connectivity index (χ0v) is 11.8. The van der Waals surface area contributed by atoms with Gasteiger partial charge in [-0.05, 0) is 37.7 Å². The van der Waals surface area contributed by atoms with Gasteiger partial charge in [0.2, 0.25) is 0 Å². The zero-order valence-electron chi connectivity index (χ0n) is 11.8. The van der Waals surface area contributed by atoms with E-state index in [1.165, 1.54) is 25.5 Å². The van der Waals surface area contributed by atoms with Gasteiger partial charge in [0.15, 0.2) is 0 Å². The minimum absolute atomic E-state index is 0.0137. The van der Waals surface area contributed by atoms with Gasteiger partial charge >= 0.3 is 0 Å². The average Bonchev–Trinajstić information content (AvgIpc) is 2.46. The predicted molar refractivity (Wildman–Crippen MR) is 76.8 cm³/mol. The fourth-order valence-corrected chi connectivity index (χ4v) is 2.90. The third-order valence-electron chi connectivity index (χ3n) is 4.34. The van der Waals surface area contributed by atoms with Gasteiger partial charge in [0, 0.05) is 19.3 Å². The molecule has 19 heavy (non-hydrogen) atoms. The number of carbonyl (C=O) groups excluding carboxylic acids is 1. The molecule has 0 saturated heterocycles. The smallest absolute Gasteiger partial charge is 0.256 e. The molecule has 1 heterocycles. The topological polar surface area (TPSA) is 59.2 Å². The summed E-state index contributed by atoms with van der Waals surface area (Å²) >= 11 is 0. The molecule has 0 unspecified atom stereocenters. The Morgan fingerprint density at radius 1 is 1.42 bits per heavy atom. The highest BCUT2D eigenvalue weighted by Gasteiger charge is 2.27. The third kappa shape index (κ3) is 3.06. The summed E-state index contributed by atoms with van der Waals surface area (Å²) in [4.78, 5) is 18.2. The molecule has 1 aliphatic rings. The van der Waals surface area contributed by atoms with Gasteiger partial charge in [-0.1, -0.05) is 13.3 Å². The van der Waals surface area contributed by atoms with Crippen molar-refractivity contribution in [1.82, 2.24) is 9.88 Å². The summed E-state index contributed by atoms with van der Waals surface area (Å²) in [7, 11) is 1.89. The summed E-state index contributed by atoms with van der Waals surface area (Å²) in [5, 5.41) is 0. The number of nitrogen functional groups attached to an aromatic ring is 1. The number of nitrogens with zero attached hydrogens (tertiary/aromatic N) is 2. The van der Waals surface area contributed by atoms with Crippen LogP contribution in [0.4, 0.5) is 5.69 Å². The van der Waals surface area contributed by atoms with E-state index in [1.807, 2.05) is 11.9 Å². The first-order chi connectivity index (χ1) is 9.13. The van der Waals surface area contributed by atoms with Crippen molar-refractivity contribution in [3.63, 3.8) is 0 Å². The third-order valence-corrected chi connectivity index (χ3v) is 4.34. The maximum Gasteiger partial charge on any atom is 0.256 e. The first-order valence-corrected chi connectivity index (χ1v) is 7.10. The molecule has 0 aliphatic heterocycles. The van der Waals surface area contributed by atoms with Gasteiger partial charge in [0.25, 0.3) is 5.91 Å². The molecule has 0 radical (unpaired) electrons. The Balaban J connectivity index is 2.02. The fraction of sp³-hybridized carbons (Fsp3) is 0.600. The highest BCUT2D eigenvalue weighted by Crippen LogP contribution is 2.29. The van der Waals surface area contributed by atoms with Gasteiger partial charge in [-0.3, -0.25) is 9.78 Å². The van der Waals surface area contributed by atoms with Gasteiger partial charge in [0.05, 0.1) is 17.4 Å². The van der Waals surface area contributed by atoms with Crippen LogP contribution < -0.4 is 5.73 Å². The molecule has 0 bridgehead atoms. The molecular weight excluding hydrogens is 238 g/mol. The van der Waals surface area contributed by atoms with E-state index in [2.05, 4.69) is 11.9 Å². The number of hydrogen-bond acceptors (Lipinski definition) is 3. The Labute approximate surface area is 115 Å². The van der Waals surface area contributed by atoms with E-state index in [9.17, 15) is 4.79 Å². The van der Waals surface area contributed by atoms with Crippen molar-refractivity contribution >= 4 is 11.6 Å². The molecule has 2 N–H and O–H groups in total. The zero-order chi connectivity index (χ0) is 13.8. The Kier molecular flexibility index (Phi) is 4.40. The molecular formula is C15H23N3O. The van der Waals surface area contributed by atoms with Gasteiger partial charge in [-0.2, -0.15) is 0 Å². The number of aromatic nitrogens is 1. The Bertz CT molecular complexity index is 439. The predicted octanol–water partition coefficient (Wildman–Crippen LogP) is 2.70. The lowest BCUT2D eigenvalue weighted by Crippen LogP contribution is -2.39. The van der Waals surface area contributed by atoms with Crippen LogP contribution in [0.3, 0.4) is 0 Å². The van der Waals surface area contributed by atoms with Crippen molar-refractivity contribution in [2.24, 2.45) is 5.92 Å². The maximum atomic E-state index is 12.4. The molecule has 2 rings (SSSR count). The Morgan fingerprint density at radius 2 is 2.11 bits per heavy atom. The average molecular weight is 261 g/mol. The Morgan fingerprint density at radius 3 is 2.68 bits per heavy atom. The molecule has 4 nitrogen and oxygen atoms in total. The van der Waals surface area contributed by atoms with Crippen LogP contribution in [0.25, 0.3) is 0 Å². The molecule has 1 amide bonds. The lowest BCUT2D eigenvalue weighted by atomic mass is 9.84. The van der Waals surface area contributed by atoms with E-state index in [-0.39, 0.29) is 5.91 Å². The molecule has 1 saturated carbocycles. The molecule has 0 aromatic carbocycles. The van der Waals surface area contributed by atoms with Crippen LogP contribution in [0.5, 0.6) is 0 Å². The van der Waals surface area contributed by atoms with Crippen LogP contribution in [0.2, 0.25) is 0 Å². The second-order valence-electron chi connectivity index (χ2n) is 5.46. The Hall–Kier alpha value is -1.58. The molecule has 1 aromatic rings.